The molecular formula is C28H27F3N2O3S. The first-order chi connectivity index (χ1) is 17.7. The molecule has 0 saturated carbocycles. The summed E-state index contributed by atoms with van der Waals surface area (Å²) >= 11 is 0. The number of ether oxygens (including phenoxy) is 1. The summed E-state index contributed by atoms with van der Waals surface area (Å²) in [6.07, 6.45) is -4.20. The first kappa shape index (κ1) is 26.5. The summed E-state index contributed by atoms with van der Waals surface area (Å²) in [5.41, 5.74) is 4.26. The predicted octanol–water partition coefficient (Wildman–Crippen LogP) is 6.21. The quantitative estimate of drug-likeness (QED) is 0.281. The van der Waals surface area contributed by atoms with Gasteiger partial charge in [-0.15, -0.1) is 13.2 Å². The molecule has 0 aliphatic rings. The number of alkyl halides is 3. The zero-order valence-corrected chi connectivity index (χ0v) is 21.3. The Bertz CT molecular complexity index is 1410. The van der Waals surface area contributed by atoms with E-state index in [1.807, 2.05) is 56.3 Å². The maximum absolute atomic E-state index is 12.8. The number of halogens is 3. The van der Waals surface area contributed by atoms with Gasteiger partial charge in [-0.1, -0.05) is 31.2 Å². The van der Waals surface area contributed by atoms with Crippen molar-refractivity contribution in [1.29, 1.82) is 0 Å². The van der Waals surface area contributed by atoms with Gasteiger partial charge in [-0.25, -0.2) is 0 Å². The Labute approximate surface area is 215 Å². The highest BCUT2D eigenvalue weighted by Gasteiger charge is 2.31. The van der Waals surface area contributed by atoms with Gasteiger partial charge in [0.15, 0.2) is 0 Å². The number of nitrogens with one attached hydrogen (secondary N) is 1. The van der Waals surface area contributed by atoms with Gasteiger partial charge < -0.3 is 14.6 Å². The normalized spacial score (nSPS) is 12.5. The van der Waals surface area contributed by atoms with Crippen molar-refractivity contribution in [2.45, 2.75) is 44.6 Å². The fraction of sp³-hybridized carbons (Fsp3) is 0.250. The first-order valence-corrected chi connectivity index (χ1v) is 13.2. The largest absolute Gasteiger partial charge is 0.573 e. The molecule has 0 bridgehead atoms. The lowest BCUT2D eigenvalue weighted by Crippen LogP contribution is -2.22. The molecule has 194 valence electrons. The second kappa shape index (κ2) is 11.2. The van der Waals surface area contributed by atoms with Gasteiger partial charge in [-0.05, 0) is 66.6 Å². The van der Waals surface area contributed by atoms with Crippen LogP contribution in [-0.4, -0.2) is 26.8 Å². The van der Waals surface area contributed by atoms with Crippen LogP contribution in [0.5, 0.6) is 5.75 Å². The minimum atomic E-state index is -4.72. The molecule has 1 N–H and O–H groups in total. The van der Waals surface area contributed by atoms with Crippen molar-refractivity contribution in [3.63, 3.8) is 0 Å². The number of benzene rings is 3. The van der Waals surface area contributed by atoms with E-state index in [1.54, 1.807) is 18.2 Å². The Balaban J connectivity index is 1.46. The number of aryl methyl sites for hydroxylation is 1. The van der Waals surface area contributed by atoms with Crippen molar-refractivity contribution >= 4 is 27.6 Å². The van der Waals surface area contributed by atoms with Crippen LogP contribution in [0.25, 0.3) is 10.9 Å². The van der Waals surface area contributed by atoms with Crippen molar-refractivity contribution < 1.29 is 26.9 Å². The highest BCUT2D eigenvalue weighted by molar-refractivity contribution is 7.85. The SMILES string of the molecule is CCn1c(Cc2ccc(OC(F)(F)F)cc2)cc2cc(C(=O)NCc3ccc(S(=O)CC)cc3)ccc21. The van der Waals surface area contributed by atoms with Gasteiger partial charge in [0, 0.05) is 52.3 Å². The summed E-state index contributed by atoms with van der Waals surface area (Å²) in [6.45, 7) is 4.95. The minimum Gasteiger partial charge on any atom is -0.406 e. The summed E-state index contributed by atoms with van der Waals surface area (Å²) in [4.78, 5) is 13.6. The van der Waals surface area contributed by atoms with Crippen molar-refractivity contribution in [3.05, 3.63) is 95.2 Å². The summed E-state index contributed by atoms with van der Waals surface area (Å²) in [5, 5.41) is 3.84. The summed E-state index contributed by atoms with van der Waals surface area (Å²) in [6, 6.07) is 20.7. The predicted molar refractivity (Wildman–Crippen MR) is 138 cm³/mol. The average Bonchev–Trinajstić information content (AvgIpc) is 3.23. The number of hydrogen-bond donors (Lipinski definition) is 1. The summed E-state index contributed by atoms with van der Waals surface area (Å²) in [5.74, 6) is 0.104. The maximum Gasteiger partial charge on any atom is 0.573 e. The number of carbonyl (C=O) groups is 1. The van der Waals surface area contributed by atoms with Gasteiger partial charge >= 0.3 is 6.36 Å². The molecule has 4 aromatic rings. The van der Waals surface area contributed by atoms with Gasteiger partial charge in [-0.2, -0.15) is 0 Å². The van der Waals surface area contributed by atoms with E-state index in [2.05, 4.69) is 14.6 Å². The van der Waals surface area contributed by atoms with Crippen molar-refractivity contribution in [2.75, 3.05) is 5.75 Å². The molecule has 4 rings (SSSR count). The van der Waals surface area contributed by atoms with Crippen LogP contribution in [-0.2, 0) is 30.3 Å². The van der Waals surface area contributed by atoms with Crippen LogP contribution in [0.1, 0.15) is 41.0 Å². The number of rotatable bonds is 9. The zero-order chi connectivity index (χ0) is 26.6. The van der Waals surface area contributed by atoms with Gasteiger partial charge in [0.05, 0.1) is 10.8 Å². The Kier molecular flexibility index (Phi) is 8.02. The molecule has 1 aromatic heterocycles. The molecule has 37 heavy (non-hydrogen) atoms. The Morgan fingerprint density at radius 3 is 2.24 bits per heavy atom. The average molecular weight is 529 g/mol. The topological polar surface area (TPSA) is 60.3 Å². The van der Waals surface area contributed by atoms with Crippen LogP contribution in [0.3, 0.4) is 0 Å². The molecule has 0 saturated heterocycles. The highest BCUT2D eigenvalue weighted by atomic mass is 32.2. The van der Waals surface area contributed by atoms with Crippen LogP contribution in [0, 0.1) is 0 Å². The van der Waals surface area contributed by atoms with E-state index in [-0.39, 0.29) is 11.7 Å². The molecule has 1 unspecified atom stereocenters. The Morgan fingerprint density at radius 2 is 1.62 bits per heavy atom. The number of hydrogen-bond acceptors (Lipinski definition) is 3. The second-order valence-corrected chi connectivity index (χ2v) is 10.2. The van der Waals surface area contributed by atoms with Crippen LogP contribution in [0.15, 0.2) is 77.7 Å². The number of fused-ring (bicyclic) bond motifs is 1. The standard InChI is InChI=1S/C28H27F3N2O3S/c1-3-33-23(15-19-5-10-24(11-6-19)36-28(29,30)31)17-22-16-21(9-14-26(22)33)27(34)32-18-20-7-12-25(13-8-20)37(35)4-2/h5-14,16-17H,3-4,15,18H2,1-2H3,(H,32,34). The molecule has 5 nitrogen and oxygen atoms in total. The highest BCUT2D eigenvalue weighted by Crippen LogP contribution is 2.26. The second-order valence-electron chi connectivity index (χ2n) is 8.48. The van der Waals surface area contributed by atoms with Crippen molar-refractivity contribution in [3.8, 4) is 5.75 Å². The third-order valence-corrected chi connectivity index (χ3v) is 7.33. The molecule has 0 fully saturated rings. The van der Waals surface area contributed by atoms with E-state index in [0.717, 1.165) is 32.6 Å². The Morgan fingerprint density at radius 1 is 0.946 bits per heavy atom. The van der Waals surface area contributed by atoms with E-state index in [4.69, 9.17) is 0 Å². The summed E-state index contributed by atoms with van der Waals surface area (Å²) in [7, 11) is -1.01. The summed E-state index contributed by atoms with van der Waals surface area (Å²) < 4.78 is 55.2. The van der Waals surface area contributed by atoms with Crippen LogP contribution in [0.4, 0.5) is 13.2 Å². The molecule has 1 atom stereocenters. The third-order valence-electron chi connectivity index (χ3n) is 6.01. The Hall–Kier alpha value is -3.59. The monoisotopic (exact) mass is 528 g/mol. The van der Waals surface area contributed by atoms with E-state index in [1.165, 1.54) is 12.1 Å². The van der Waals surface area contributed by atoms with Crippen LogP contribution >= 0.6 is 0 Å². The lowest BCUT2D eigenvalue weighted by molar-refractivity contribution is -0.274. The van der Waals surface area contributed by atoms with E-state index >= 15 is 0 Å². The maximum atomic E-state index is 12.8. The smallest absolute Gasteiger partial charge is 0.406 e. The third kappa shape index (κ3) is 6.60. The minimum absolute atomic E-state index is 0.200. The number of nitrogens with zero attached hydrogens (tertiary/aromatic N) is 1. The van der Waals surface area contributed by atoms with Crippen molar-refractivity contribution in [1.82, 2.24) is 9.88 Å². The molecule has 3 aromatic carbocycles. The number of carbonyl (C=O) groups excluding carboxylic acids is 1. The molecule has 0 aliphatic carbocycles. The first-order valence-electron chi connectivity index (χ1n) is 11.9. The fourth-order valence-electron chi connectivity index (χ4n) is 4.22. The lowest BCUT2D eigenvalue weighted by Gasteiger charge is -2.11. The van der Waals surface area contributed by atoms with Gasteiger partial charge in [0.1, 0.15) is 5.75 Å². The molecule has 0 radical (unpaired) electrons. The molecule has 0 aliphatic heterocycles. The van der Waals surface area contributed by atoms with Gasteiger partial charge in [-0.3, -0.25) is 9.00 Å². The van der Waals surface area contributed by atoms with E-state index in [9.17, 15) is 22.2 Å². The number of amides is 1. The molecule has 9 heteroatoms. The van der Waals surface area contributed by atoms with Crippen LogP contribution < -0.4 is 10.1 Å². The van der Waals surface area contributed by atoms with Gasteiger partial charge in [0.25, 0.3) is 5.91 Å². The molecule has 0 spiro atoms. The van der Waals surface area contributed by atoms with E-state index < -0.39 is 17.2 Å². The van der Waals surface area contributed by atoms with Gasteiger partial charge in [0.2, 0.25) is 0 Å². The lowest BCUT2D eigenvalue weighted by atomic mass is 10.1. The molecular weight excluding hydrogens is 501 g/mol. The van der Waals surface area contributed by atoms with E-state index in [0.29, 0.717) is 30.8 Å². The fourth-order valence-corrected chi connectivity index (χ4v) is 4.99. The van der Waals surface area contributed by atoms with Crippen molar-refractivity contribution in [2.24, 2.45) is 0 Å². The molecule has 1 amide bonds. The zero-order valence-electron chi connectivity index (χ0n) is 20.5. The molecule has 1 heterocycles. The number of aromatic nitrogens is 1. The van der Waals surface area contributed by atoms with Crippen LogP contribution in [0.2, 0.25) is 0 Å².